The van der Waals surface area contributed by atoms with Crippen molar-refractivity contribution in [2.75, 3.05) is 12.4 Å². The number of aryl methyl sites for hydroxylation is 1. The van der Waals surface area contributed by atoms with Crippen molar-refractivity contribution < 1.29 is 12.9 Å². The first-order valence-electron chi connectivity index (χ1n) is 4.49. The maximum atomic E-state index is 11.4. The summed E-state index contributed by atoms with van der Waals surface area (Å²) in [4.78, 5) is 0. The Bertz CT molecular complexity index is 402. The molecule has 0 atom stereocenters. The molecule has 0 saturated heterocycles. The number of hydrogen-bond acceptors (Lipinski definition) is 4. The molecule has 1 rings (SSSR count). The van der Waals surface area contributed by atoms with E-state index in [2.05, 4.69) is 9.88 Å². The number of sulfonamides is 1. The molecule has 1 heterocycles. The highest BCUT2D eigenvalue weighted by molar-refractivity contribution is 7.88. The number of aromatic nitrogens is 1. The molecule has 1 N–H and O–H groups in total. The predicted octanol–water partition coefficient (Wildman–Crippen LogP) is 1.03. The second kappa shape index (κ2) is 5.48. The zero-order valence-corrected chi connectivity index (χ0v) is 9.94. The van der Waals surface area contributed by atoms with Crippen molar-refractivity contribution in [1.82, 2.24) is 9.88 Å². The van der Waals surface area contributed by atoms with Gasteiger partial charge in [0.2, 0.25) is 10.0 Å². The summed E-state index contributed by atoms with van der Waals surface area (Å²) in [5, 5.41) is 3.61. The van der Waals surface area contributed by atoms with Crippen LogP contribution in [0.1, 0.15) is 17.9 Å². The molecule has 86 valence electrons. The van der Waals surface area contributed by atoms with Crippen LogP contribution in [0.4, 0.5) is 0 Å². The SMILES string of the molecule is Cc1cc(CS(=O)(=O)NCCCCl)no1. The van der Waals surface area contributed by atoms with Gasteiger partial charge < -0.3 is 4.52 Å². The van der Waals surface area contributed by atoms with Crippen LogP contribution in [0.5, 0.6) is 0 Å². The molecule has 0 saturated carbocycles. The molecule has 0 bridgehead atoms. The average Bonchev–Trinajstić information content (AvgIpc) is 2.50. The van der Waals surface area contributed by atoms with Gasteiger partial charge in [0.15, 0.2) is 0 Å². The van der Waals surface area contributed by atoms with E-state index >= 15 is 0 Å². The summed E-state index contributed by atoms with van der Waals surface area (Å²) in [6, 6.07) is 1.60. The van der Waals surface area contributed by atoms with Crippen LogP contribution < -0.4 is 4.72 Å². The van der Waals surface area contributed by atoms with Crippen molar-refractivity contribution in [3.63, 3.8) is 0 Å². The van der Waals surface area contributed by atoms with Crippen LogP contribution in [-0.2, 0) is 15.8 Å². The van der Waals surface area contributed by atoms with Gasteiger partial charge in [-0.25, -0.2) is 13.1 Å². The third-order valence-corrected chi connectivity index (χ3v) is 3.23. The van der Waals surface area contributed by atoms with E-state index in [4.69, 9.17) is 16.1 Å². The van der Waals surface area contributed by atoms with Crippen molar-refractivity contribution in [2.45, 2.75) is 19.1 Å². The van der Waals surface area contributed by atoms with E-state index in [1.165, 1.54) is 0 Å². The maximum absolute atomic E-state index is 11.4. The Hall–Kier alpha value is -0.590. The van der Waals surface area contributed by atoms with Crippen molar-refractivity contribution in [1.29, 1.82) is 0 Å². The van der Waals surface area contributed by atoms with Crippen LogP contribution >= 0.6 is 11.6 Å². The first-order chi connectivity index (χ1) is 7.03. The quantitative estimate of drug-likeness (QED) is 0.606. The Morgan fingerprint density at radius 2 is 2.33 bits per heavy atom. The van der Waals surface area contributed by atoms with Gasteiger partial charge in [-0.2, -0.15) is 0 Å². The topological polar surface area (TPSA) is 72.2 Å². The summed E-state index contributed by atoms with van der Waals surface area (Å²) in [6.45, 7) is 2.06. The van der Waals surface area contributed by atoms with Crippen LogP contribution in [0.3, 0.4) is 0 Å². The van der Waals surface area contributed by atoms with E-state index in [0.717, 1.165) is 0 Å². The fourth-order valence-electron chi connectivity index (χ4n) is 1.03. The largest absolute Gasteiger partial charge is 0.361 e. The van der Waals surface area contributed by atoms with E-state index in [1.807, 2.05) is 0 Å². The summed E-state index contributed by atoms with van der Waals surface area (Å²) in [7, 11) is -3.32. The first-order valence-corrected chi connectivity index (χ1v) is 6.67. The van der Waals surface area contributed by atoms with Crippen LogP contribution in [0, 0.1) is 6.92 Å². The summed E-state index contributed by atoms with van der Waals surface area (Å²) in [6.07, 6.45) is 0.610. The fourth-order valence-corrected chi connectivity index (χ4v) is 2.24. The van der Waals surface area contributed by atoms with Gasteiger partial charge in [0.25, 0.3) is 0 Å². The zero-order valence-electron chi connectivity index (χ0n) is 8.36. The van der Waals surface area contributed by atoms with Crippen molar-refractivity contribution in [3.8, 4) is 0 Å². The molecule has 0 spiro atoms. The molecule has 0 aliphatic heterocycles. The molecular weight excluding hydrogens is 240 g/mol. The van der Waals surface area contributed by atoms with Gasteiger partial charge in [0, 0.05) is 18.5 Å². The van der Waals surface area contributed by atoms with Gasteiger partial charge >= 0.3 is 0 Å². The van der Waals surface area contributed by atoms with Crippen LogP contribution in [0.15, 0.2) is 10.6 Å². The van der Waals surface area contributed by atoms with Gasteiger partial charge in [0.05, 0.1) is 0 Å². The van der Waals surface area contributed by atoms with E-state index in [-0.39, 0.29) is 5.75 Å². The Morgan fingerprint density at radius 3 is 2.87 bits per heavy atom. The lowest BCUT2D eigenvalue weighted by Gasteiger charge is -2.02. The molecule has 15 heavy (non-hydrogen) atoms. The third-order valence-electron chi connectivity index (χ3n) is 1.65. The highest BCUT2D eigenvalue weighted by atomic mass is 35.5. The third kappa shape index (κ3) is 4.63. The van der Waals surface area contributed by atoms with E-state index in [0.29, 0.717) is 30.3 Å². The minimum absolute atomic E-state index is 0.160. The van der Waals surface area contributed by atoms with Gasteiger partial charge in [0.1, 0.15) is 17.2 Å². The number of hydrogen-bond donors (Lipinski definition) is 1. The minimum atomic E-state index is -3.32. The Labute approximate surface area is 93.8 Å². The van der Waals surface area contributed by atoms with Crippen molar-refractivity contribution in [2.24, 2.45) is 0 Å². The lowest BCUT2D eigenvalue weighted by molar-refractivity contribution is 0.392. The molecule has 0 unspecified atom stereocenters. The first kappa shape index (κ1) is 12.5. The van der Waals surface area contributed by atoms with Gasteiger partial charge in [-0.05, 0) is 13.3 Å². The molecule has 1 aromatic rings. The smallest absolute Gasteiger partial charge is 0.217 e. The van der Waals surface area contributed by atoms with E-state index in [1.54, 1.807) is 13.0 Å². The average molecular weight is 253 g/mol. The number of alkyl halides is 1. The molecule has 7 heteroatoms. The Kier molecular flexibility index (Phi) is 4.56. The summed E-state index contributed by atoms with van der Waals surface area (Å²) >= 11 is 5.43. The highest BCUT2D eigenvalue weighted by Crippen LogP contribution is 2.05. The fraction of sp³-hybridized carbons (Fsp3) is 0.625. The zero-order chi connectivity index (χ0) is 11.3. The monoisotopic (exact) mass is 252 g/mol. The molecule has 0 aliphatic rings. The van der Waals surface area contributed by atoms with E-state index < -0.39 is 10.0 Å². The van der Waals surface area contributed by atoms with Gasteiger partial charge in [-0.3, -0.25) is 0 Å². The molecule has 0 aromatic carbocycles. The summed E-state index contributed by atoms with van der Waals surface area (Å²) in [5.74, 6) is 0.874. The maximum Gasteiger partial charge on any atom is 0.217 e. The van der Waals surface area contributed by atoms with Crippen molar-refractivity contribution >= 4 is 21.6 Å². The predicted molar refractivity (Wildman–Crippen MR) is 57.2 cm³/mol. The second-order valence-corrected chi connectivity index (χ2v) is 5.31. The number of halogens is 1. The molecule has 0 amide bonds. The number of nitrogens with zero attached hydrogens (tertiary/aromatic N) is 1. The lowest BCUT2D eigenvalue weighted by Crippen LogP contribution is -2.26. The standard InChI is InChI=1S/C8H13ClN2O3S/c1-7-5-8(11-14-7)6-15(12,13)10-4-2-3-9/h5,10H,2-4,6H2,1H3. The summed E-state index contributed by atoms with van der Waals surface area (Å²) < 4.78 is 30.1. The van der Waals surface area contributed by atoms with Gasteiger partial charge in [-0.15, -0.1) is 11.6 Å². The lowest BCUT2D eigenvalue weighted by atomic mass is 10.4. The highest BCUT2D eigenvalue weighted by Gasteiger charge is 2.13. The van der Waals surface area contributed by atoms with E-state index in [9.17, 15) is 8.42 Å². The second-order valence-electron chi connectivity index (χ2n) is 3.12. The summed E-state index contributed by atoms with van der Waals surface area (Å²) in [5.41, 5.74) is 0.408. The molecule has 5 nitrogen and oxygen atoms in total. The van der Waals surface area contributed by atoms with Crippen LogP contribution in [0.25, 0.3) is 0 Å². The Morgan fingerprint density at radius 1 is 1.60 bits per heavy atom. The van der Waals surface area contributed by atoms with Crippen molar-refractivity contribution in [3.05, 3.63) is 17.5 Å². The molecule has 0 aliphatic carbocycles. The molecular formula is C8H13ClN2O3S. The molecule has 0 fully saturated rings. The number of nitrogens with one attached hydrogen (secondary N) is 1. The van der Waals surface area contributed by atoms with Crippen LogP contribution in [0.2, 0.25) is 0 Å². The van der Waals surface area contributed by atoms with Crippen LogP contribution in [-0.4, -0.2) is 26.0 Å². The molecule has 1 aromatic heterocycles. The minimum Gasteiger partial charge on any atom is -0.361 e. The molecule has 0 radical (unpaired) electrons. The number of rotatable bonds is 6. The van der Waals surface area contributed by atoms with Gasteiger partial charge in [-0.1, -0.05) is 5.16 Å². The Balaban J connectivity index is 2.49. The normalized spacial score (nSPS) is 11.9.